The fraction of sp³-hybridized carbons (Fsp3) is 0. The van der Waals surface area contributed by atoms with E-state index in [2.05, 4.69) is 25.5 Å². The minimum atomic E-state index is -0.457. The van der Waals surface area contributed by atoms with Gasteiger partial charge < -0.3 is 0 Å². The molecule has 7 heteroatoms. The molecule has 0 unspecified atom stereocenters. The van der Waals surface area contributed by atoms with Crippen molar-refractivity contribution in [3.05, 3.63) is 23.5 Å². The van der Waals surface area contributed by atoms with Crippen molar-refractivity contribution in [3.8, 4) is 0 Å². The first-order valence-electron chi connectivity index (χ1n) is 2.93. The molecule has 0 saturated carbocycles. The Hall–Kier alpha value is -0.491. The summed E-state index contributed by atoms with van der Waals surface area (Å²) in [4.78, 5) is 27.3. The van der Waals surface area contributed by atoms with Crippen molar-refractivity contribution in [1.82, 2.24) is 9.97 Å². The van der Waals surface area contributed by atoms with E-state index in [-0.39, 0.29) is 5.56 Å². The summed E-state index contributed by atoms with van der Waals surface area (Å²) < 4.78 is 1.49. The van der Waals surface area contributed by atoms with Crippen molar-refractivity contribution >= 4 is 47.8 Å². The average molecular weight is 265 g/mol. The van der Waals surface area contributed by atoms with Gasteiger partial charge in [-0.05, 0) is 0 Å². The molecule has 0 amide bonds. The van der Waals surface area contributed by atoms with Crippen molar-refractivity contribution in [2.45, 2.75) is 0 Å². The Kier molecular flexibility index (Phi) is 1.88. The predicted octanol–water partition coefficient (Wildman–Crippen LogP) is 0.0399. The number of H-pyrrole nitrogens is 2. The molecule has 0 saturated heterocycles. The molecule has 0 aliphatic heterocycles. The molecule has 0 atom stereocenters. The second-order valence-electron chi connectivity index (χ2n) is 2.02. The number of nitrogens with one attached hydrogen (secondary N) is 2. The third-order valence-corrected chi connectivity index (χ3v) is 4.35. The molecule has 2 heterocycles. The quantitative estimate of drug-likeness (QED) is 0.660. The second kappa shape index (κ2) is 2.77. The zero-order chi connectivity index (χ0) is 8.72. The van der Waals surface area contributed by atoms with E-state index in [0.29, 0.717) is 9.53 Å². The van der Waals surface area contributed by atoms with Crippen LogP contribution in [-0.2, 0) is 0 Å². The summed E-state index contributed by atoms with van der Waals surface area (Å²) in [7, 11) is 0. The monoisotopic (exact) mass is 266 g/mol. The average Bonchev–Trinajstić information content (AvgIpc) is 2.29. The van der Waals surface area contributed by atoms with Crippen LogP contribution in [0.25, 0.3) is 9.53 Å². The normalized spacial score (nSPS) is 10.7. The van der Waals surface area contributed by atoms with E-state index in [0.717, 1.165) is 2.69 Å². The van der Waals surface area contributed by atoms with E-state index in [1.807, 2.05) is 0 Å². The Morgan fingerprint density at radius 1 is 1.17 bits per heavy atom. The molecule has 0 fully saturated rings. The van der Waals surface area contributed by atoms with E-state index in [4.69, 9.17) is 0 Å². The third kappa shape index (κ3) is 1.25. The van der Waals surface area contributed by atoms with Gasteiger partial charge >= 0.3 is 81.3 Å². The number of aromatic nitrogens is 2. The van der Waals surface area contributed by atoms with Gasteiger partial charge in [0.1, 0.15) is 0 Å². The summed E-state index contributed by atoms with van der Waals surface area (Å²) in [5.41, 5.74) is -0.780. The third-order valence-electron chi connectivity index (χ3n) is 1.24. The fourth-order valence-electron chi connectivity index (χ4n) is 0.806. The van der Waals surface area contributed by atoms with Crippen LogP contribution in [0.2, 0.25) is 0 Å². The summed E-state index contributed by atoms with van der Waals surface area (Å²) in [5.74, 6) is 0. The molecular weight excluding hydrogens is 263 g/mol. The molecule has 4 nitrogen and oxygen atoms in total. The number of rotatable bonds is 0. The van der Waals surface area contributed by atoms with Gasteiger partial charge in [0.2, 0.25) is 0 Å². The SMILES string of the molecule is O=c1[nH]c(=O)c2sc(=[Se])sc2[nH]1. The molecule has 0 aliphatic carbocycles. The molecule has 0 bridgehead atoms. The Bertz CT molecular complexity index is 589. The van der Waals surface area contributed by atoms with Gasteiger partial charge in [0, 0.05) is 0 Å². The second-order valence-corrected chi connectivity index (χ2v) is 6.34. The maximum absolute atomic E-state index is 11.1. The zero-order valence-electron chi connectivity index (χ0n) is 5.54. The molecule has 2 aromatic rings. The molecule has 2 aromatic heterocycles. The summed E-state index contributed by atoms with van der Waals surface area (Å²) in [6.07, 6.45) is 0. The Morgan fingerprint density at radius 3 is 2.67 bits per heavy atom. The predicted molar refractivity (Wildman–Crippen MR) is 49.9 cm³/mol. The van der Waals surface area contributed by atoms with Crippen molar-refractivity contribution in [2.75, 3.05) is 0 Å². The standard InChI is InChI=1S/C5H2N2O2S2Se/c8-2-1-3(7-4(9)6-2)11-5(12)10-1/h(H2,6,7,8,9). The van der Waals surface area contributed by atoms with Gasteiger partial charge in [-0.25, -0.2) is 0 Å². The molecule has 0 aliphatic rings. The number of aromatic amines is 2. The van der Waals surface area contributed by atoms with Crippen LogP contribution in [0, 0.1) is 2.69 Å². The molecule has 2 N–H and O–H groups in total. The Morgan fingerprint density at radius 2 is 1.92 bits per heavy atom. The van der Waals surface area contributed by atoms with Crippen LogP contribution in [0.1, 0.15) is 0 Å². The summed E-state index contributed by atoms with van der Waals surface area (Å²) >= 11 is 5.50. The van der Waals surface area contributed by atoms with Gasteiger partial charge in [-0.3, -0.25) is 0 Å². The topological polar surface area (TPSA) is 65.7 Å². The molecule has 2 rings (SSSR count). The summed E-state index contributed by atoms with van der Waals surface area (Å²) in [6.45, 7) is 0. The minimum absolute atomic E-state index is 0.323. The van der Waals surface area contributed by atoms with Crippen LogP contribution >= 0.6 is 22.7 Å². The van der Waals surface area contributed by atoms with E-state index in [1.54, 1.807) is 0 Å². The van der Waals surface area contributed by atoms with Crippen LogP contribution in [-0.4, -0.2) is 25.5 Å². The van der Waals surface area contributed by atoms with Gasteiger partial charge in [0.25, 0.3) is 0 Å². The van der Waals surface area contributed by atoms with Gasteiger partial charge in [-0.2, -0.15) is 0 Å². The van der Waals surface area contributed by atoms with Gasteiger partial charge in [0.05, 0.1) is 0 Å². The first kappa shape index (κ1) is 8.12. The maximum atomic E-state index is 11.1. The van der Waals surface area contributed by atoms with Crippen molar-refractivity contribution in [2.24, 2.45) is 0 Å². The van der Waals surface area contributed by atoms with E-state index >= 15 is 0 Å². The number of hydrogen-bond donors (Lipinski definition) is 2. The Labute approximate surface area is 81.3 Å². The Balaban J connectivity index is 3.18. The van der Waals surface area contributed by atoms with Crippen molar-refractivity contribution in [3.63, 3.8) is 0 Å². The molecule has 0 aromatic carbocycles. The molecule has 0 radical (unpaired) electrons. The van der Waals surface area contributed by atoms with Crippen LogP contribution in [0.4, 0.5) is 0 Å². The van der Waals surface area contributed by atoms with Crippen molar-refractivity contribution < 1.29 is 0 Å². The molecular formula is C5H2N2O2S2Se. The van der Waals surface area contributed by atoms with Gasteiger partial charge in [-0.15, -0.1) is 0 Å². The molecule has 0 spiro atoms. The van der Waals surface area contributed by atoms with Gasteiger partial charge in [-0.1, -0.05) is 0 Å². The van der Waals surface area contributed by atoms with Crippen LogP contribution in [0.5, 0.6) is 0 Å². The van der Waals surface area contributed by atoms with E-state index < -0.39 is 5.69 Å². The van der Waals surface area contributed by atoms with Crippen LogP contribution < -0.4 is 11.2 Å². The van der Waals surface area contributed by atoms with E-state index in [1.165, 1.54) is 22.7 Å². The number of hydrogen-bond acceptors (Lipinski definition) is 4. The first-order chi connectivity index (χ1) is 5.66. The van der Waals surface area contributed by atoms with Crippen LogP contribution in [0.3, 0.4) is 0 Å². The summed E-state index contributed by atoms with van der Waals surface area (Å²) in [6, 6.07) is 0. The van der Waals surface area contributed by atoms with Crippen molar-refractivity contribution in [1.29, 1.82) is 0 Å². The van der Waals surface area contributed by atoms with Crippen LogP contribution in [0.15, 0.2) is 9.59 Å². The zero-order valence-corrected chi connectivity index (χ0v) is 8.89. The fourth-order valence-corrected chi connectivity index (χ4v) is 3.72. The number of fused-ring (bicyclic) bond motifs is 1. The van der Waals surface area contributed by atoms with Gasteiger partial charge in [0.15, 0.2) is 0 Å². The first-order valence-corrected chi connectivity index (χ1v) is 5.42. The molecule has 12 heavy (non-hydrogen) atoms. The van der Waals surface area contributed by atoms with E-state index in [9.17, 15) is 9.59 Å². The summed E-state index contributed by atoms with van der Waals surface area (Å²) in [5, 5.41) is 0. The molecule has 62 valence electrons.